The van der Waals surface area contributed by atoms with Gasteiger partial charge in [-0.2, -0.15) is 5.26 Å². The van der Waals surface area contributed by atoms with Crippen molar-refractivity contribution < 1.29 is 14.2 Å². The van der Waals surface area contributed by atoms with Crippen LogP contribution in [-0.2, 0) is 0 Å². The summed E-state index contributed by atoms with van der Waals surface area (Å²) in [6.45, 7) is 0. The Morgan fingerprint density at radius 2 is 1.33 bits per heavy atom. The van der Waals surface area contributed by atoms with E-state index in [9.17, 15) is 5.26 Å². The molecule has 0 fully saturated rings. The van der Waals surface area contributed by atoms with Crippen LogP contribution in [0.3, 0.4) is 0 Å². The molecule has 0 N–H and O–H groups in total. The molecule has 0 aliphatic heterocycles. The Balaban J connectivity index is 1.88. The minimum atomic E-state index is 0.555. The van der Waals surface area contributed by atoms with Gasteiger partial charge in [0.05, 0.1) is 33.0 Å². The summed E-state index contributed by atoms with van der Waals surface area (Å²) in [7, 11) is 4.82. The summed E-state index contributed by atoms with van der Waals surface area (Å²) in [5, 5.41) is 12.2. The first-order chi connectivity index (χ1) is 14.7. The topological polar surface area (TPSA) is 51.5 Å². The SMILES string of the molecule is COc1cc(-c2ccc(C#N)c3c2-c2cccc4cccc-3c24)cc(OC)c1OC. The molecule has 0 spiro atoms. The Labute approximate surface area is 174 Å². The fourth-order valence-corrected chi connectivity index (χ4v) is 4.49. The van der Waals surface area contributed by atoms with Crippen LogP contribution in [0.1, 0.15) is 5.56 Å². The molecule has 0 atom stereocenters. The van der Waals surface area contributed by atoms with Gasteiger partial charge in [0.25, 0.3) is 0 Å². The van der Waals surface area contributed by atoms with Gasteiger partial charge in [0, 0.05) is 5.56 Å². The molecule has 0 heterocycles. The first kappa shape index (κ1) is 18.1. The molecule has 0 saturated heterocycles. The fraction of sp³-hybridized carbons (Fsp3) is 0.115. The number of methoxy groups -OCH3 is 3. The number of nitrogens with zero attached hydrogens (tertiary/aromatic N) is 1. The highest BCUT2D eigenvalue weighted by Gasteiger charge is 2.27. The molecule has 4 nitrogen and oxygen atoms in total. The van der Waals surface area contributed by atoms with Gasteiger partial charge in [-0.15, -0.1) is 0 Å². The number of hydrogen-bond acceptors (Lipinski definition) is 4. The second kappa shape index (κ2) is 6.82. The number of nitriles is 1. The highest BCUT2D eigenvalue weighted by atomic mass is 16.5. The first-order valence-electron chi connectivity index (χ1n) is 9.61. The lowest BCUT2D eigenvalue weighted by Gasteiger charge is -2.17. The van der Waals surface area contributed by atoms with Crippen LogP contribution in [0.5, 0.6) is 17.2 Å². The highest BCUT2D eigenvalue weighted by molar-refractivity contribution is 6.19. The third kappa shape index (κ3) is 2.39. The summed E-state index contributed by atoms with van der Waals surface area (Å²) in [5.41, 5.74) is 6.92. The van der Waals surface area contributed by atoms with Crippen LogP contribution in [0.25, 0.3) is 44.2 Å². The summed E-state index contributed by atoms with van der Waals surface area (Å²) in [4.78, 5) is 0. The van der Waals surface area contributed by atoms with Crippen LogP contribution in [-0.4, -0.2) is 21.3 Å². The van der Waals surface area contributed by atoms with Gasteiger partial charge in [-0.1, -0.05) is 42.5 Å². The third-order valence-corrected chi connectivity index (χ3v) is 5.74. The van der Waals surface area contributed by atoms with Gasteiger partial charge < -0.3 is 14.2 Å². The number of ether oxygens (including phenoxy) is 3. The van der Waals surface area contributed by atoms with Gasteiger partial charge in [0.1, 0.15) is 0 Å². The first-order valence-corrected chi connectivity index (χ1v) is 9.61. The smallest absolute Gasteiger partial charge is 0.203 e. The van der Waals surface area contributed by atoms with Crippen molar-refractivity contribution in [3.05, 3.63) is 66.2 Å². The monoisotopic (exact) mass is 393 g/mol. The van der Waals surface area contributed by atoms with Crippen LogP contribution in [0, 0.1) is 11.3 Å². The Hall–Kier alpha value is -3.97. The highest BCUT2D eigenvalue weighted by Crippen LogP contribution is 2.53. The zero-order chi connectivity index (χ0) is 20.8. The molecule has 1 aliphatic carbocycles. The van der Waals surface area contributed by atoms with Crippen molar-refractivity contribution in [2.75, 3.05) is 21.3 Å². The minimum Gasteiger partial charge on any atom is -0.493 e. The third-order valence-electron chi connectivity index (χ3n) is 5.74. The van der Waals surface area contributed by atoms with Gasteiger partial charge in [0.2, 0.25) is 5.75 Å². The summed E-state index contributed by atoms with van der Waals surface area (Å²) >= 11 is 0. The Morgan fingerprint density at radius 3 is 1.90 bits per heavy atom. The van der Waals surface area contributed by atoms with Crippen molar-refractivity contribution in [3.8, 4) is 56.7 Å². The van der Waals surface area contributed by atoms with Gasteiger partial charge >= 0.3 is 0 Å². The number of fused-ring (bicyclic) bond motifs is 3. The predicted octanol–water partition coefficient (Wildman–Crippen LogP) is 6.05. The van der Waals surface area contributed by atoms with E-state index >= 15 is 0 Å². The Bertz CT molecular complexity index is 1330. The van der Waals surface area contributed by atoms with Crippen molar-refractivity contribution in [1.82, 2.24) is 0 Å². The minimum absolute atomic E-state index is 0.555. The van der Waals surface area contributed by atoms with E-state index in [1.54, 1.807) is 21.3 Å². The molecule has 4 heteroatoms. The van der Waals surface area contributed by atoms with E-state index < -0.39 is 0 Å². The molecule has 0 bridgehead atoms. The standard InChI is InChI=1S/C26H19NO3/c1-28-21-12-17(13-22(29-2)26(21)30-3)18-11-10-16(14-27)24-19-8-4-6-15-7-5-9-20(23(15)19)25(18)24/h4-13H,1-3H3. The van der Waals surface area contributed by atoms with Crippen LogP contribution in [0.4, 0.5) is 0 Å². The van der Waals surface area contributed by atoms with Crippen LogP contribution in [0.15, 0.2) is 60.7 Å². The summed E-state index contributed by atoms with van der Waals surface area (Å²) in [6.07, 6.45) is 0. The molecule has 0 amide bonds. The molecule has 0 radical (unpaired) electrons. The second-order valence-electron chi connectivity index (χ2n) is 7.15. The molecule has 0 saturated carbocycles. The Morgan fingerprint density at radius 1 is 0.700 bits per heavy atom. The maximum atomic E-state index is 9.82. The van der Waals surface area contributed by atoms with Gasteiger partial charge in [-0.25, -0.2) is 0 Å². The molecule has 0 aromatic heterocycles. The summed E-state index contributed by atoms with van der Waals surface area (Å²) in [5.74, 6) is 1.75. The molecular weight excluding hydrogens is 374 g/mol. The van der Waals surface area contributed by atoms with Crippen molar-refractivity contribution in [2.24, 2.45) is 0 Å². The second-order valence-corrected chi connectivity index (χ2v) is 7.15. The number of hydrogen-bond donors (Lipinski definition) is 0. The van der Waals surface area contributed by atoms with Gasteiger partial charge in [0.15, 0.2) is 11.5 Å². The molecule has 146 valence electrons. The lowest BCUT2D eigenvalue weighted by atomic mass is 9.90. The lowest BCUT2D eigenvalue weighted by molar-refractivity contribution is 0.324. The van der Waals surface area contributed by atoms with E-state index in [2.05, 4.69) is 36.4 Å². The van der Waals surface area contributed by atoms with Crippen molar-refractivity contribution >= 4 is 10.8 Å². The molecular formula is C26H19NO3. The molecule has 1 aliphatic rings. The maximum absolute atomic E-state index is 9.82. The molecule has 0 unspecified atom stereocenters. The van der Waals surface area contributed by atoms with Crippen molar-refractivity contribution in [3.63, 3.8) is 0 Å². The quantitative estimate of drug-likeness (QED) is 0.373. The number of benzene rings is 4. The van der Waals surface area contributed by atoms with E-state index in [0.29, 0.717) is 22.8 Å². The van der Waals surface area contributed by atoms with Gasteiger partial charge in [-0.05, 0) is 56.8 Å². The zero-order valence-corrected chi connectivity index (χ0v) is 16.9. The molecule has 4 aromatic rings. The lowest BCUT2D eigenvalue weighted by Crippen LogP contribution is -1.96. The van der Waals surface area contributed by atoms with Crippen LogP contribution >= 0.6 is 0 Å². The van der Waals surface area contributed by atoms with Crippen molar-refractivity contribution in [1.29, 1.82) is 5.26 Å². The largest absolute Gasteiger partial charge is 0.493 e. The maximum Gasteiger partial charge on any atom is 0.203 e. The van der Waals surface area contributed by atoms with E-state index in [0.717, 1.165) is 33.4 Å². The van der Waals surface area contributed by atoms with E-state index in [1.165, 1.54) is 10.8 Å². The zero-order valence-electron chi connectivity index (χ0n) is 16.9. The molecule has 30 heavy (non-hydrogen) atoms. The van der Waals surface area contributed by atoms with Crippen LogP contribution in [0.2, 0.25) is 0 Å². The van der Waals surface area contributed by atoms with Crippen molar-refractivity contribution in [2.45, 2.75) is 0 Å². The fourth-order valence-electron chi connectivity index (χ4n) is 4.49. The van der Waals surface area contributed by atoms with E-state index in [1.807, 2.05) is 30.3 Å². The number of rotatable bonds is 4. The predicted molar refractivity (Wildman–Crippen MR) is 118 cm³/mol. The average molecular weight is 393 g/mol. The normalized spacial score (nSPS) is 11.1. The van der Waals surface area contributed by atoms with Gasteiger partial charge in [-0.3, -0.25) is 0 Å². The summed E-state index contributed by atoms with van der Waals surface area (Å²) in [6, 6.07) is 22.7. The molecule has 5 rings (SSSR count). The summed E-state index contributed by atoms with van der Waals surface area (Å²) < 4.78 is 16.6. The van der Waals surface area contributed by atoms with Crippen LogP contribution < -0.4 is 14.2 Å². The Kier molecular flexibility index (Phi) is 4.11. The van der Waals surface area contributed by atoms with E-state index in [4.69, 9.17) is 14.2 Å². The van der Waals surface area contributed by atoms with E-state index in [-0.39, 0.29) is 0 Å². The molecule has 4 aromatic carbocycles. The average Bonchev–Trinajstić information content (AvgIpc) is 3.14.